The third-order valence-corrected chi connectivity index (χ3v) is 2.11. The Morgan fingerprint density at radius 1 is 1.35 bits per heavy atom. The van der Waals surface area contributed by atoms with Crippen molar-refractivity contribution < 1.29 is 36.5 Å². The standard InChI is InChI=1S/C9H17NO7/c1-4(9(16)17)10-2-5(12)7(14)8(15)6(13)3-11/h4,6-8,10-11,13-15H,2-3H2,1H3,(H,16,17)/t4-,6+,7+,8+/m0/s1/i/hD. The number of hydrogen-bond donors (Lipinski definition) is 6. The van der Waals surface area contributed by atoms with Gasteiger partial charge in [-0.05, 0) is 6.92 Å². The van der Waals surface area contributed by atoms with Gasteiger partial charge in [-0.2, -0.15) is 0 Å². The molecule has 100 valence electrons. The summed E-state index contributed by atoms with van der Waals surface area (Å²) in [7, 11) is 0. The molecule has 0 aliphatic rings. The van der Waals surface area contributed by atoms with Crippen LogP contribution in [0.3, 0.4) is 0 Å². The fourth-order valence-corrected chi connectivity index (χ4v) is 0.907. The van der Waals surface area contributed by atoms with Gasteiger partial charge in [0, 0.05) is 0 Å². The number of aliphatic hydroxyl groups excluding tert-OH is 4. The molecule has 0 saturated carbocycles. The molecule has 0 heterocycles. The highest BCUT2D eigenvalue weighted by atomic mass is 16.4. The molecule has 0 saturated heterocycles. The Morgan fingerprint density at radius 3 is 2.29 bits per heavy atom. The van der Waals surface area contributed by atoms with Crippen molar-refractivity contribution in [2.24, 2.45) is 0 Å². The highest BCUT2D eigenvalue weighted by Gasteiger charge is 2.29. The van der Waals surface area contributed by atoms with E-state index >= 15 is 0 Å². The van der Waals surface area contributed by atoms with E-state index in [1.54, 1.807) is 0 Å². The Labute approximate surface area is 99.0 Å². The van der Waals surface area contributed by atoms with Gasteiger partial charge in [0.15, 0.2) is 5.78 Å². The number of aliphatic hydroxyl groups is 4. The van der Waals surface area contributed by atoms with Crippen LogP contribution in [-0.2, 0) is 9.59 Å². The maximum absolute atomic E-state index is 11.4. The van der Waals surface area contributed by atoms with Crippen molar-refractivity contribution in [2.75, 3.05) is 13.2 Å². The summed E-state index contributed by atoms with van der Waals surface area (Å²) in [6.07, 6.45) is -5.59. The second-order valence-electron chi connectivity index (χ2n) is 3.51. The van der Waals surface area contributed by atoms with Gasteiger partial charge in [-0.1, -0.05) is 0 Å². The third kappa shape index (κ3) is 5.20. The number of carbonyl (C=O) groups is 2. The molecule has 0 radical (unpaired) electrons. The van der Waals surface area contributed by atoms with Gasteiger partial charge < -0.3 is 25.5 Å². The van der Waals surface area contributed by atoms with E-state index in [4.69, 9.17) is 16.7 Å². The van der Waals surface area contributed by atoms with Crippen LogP contribution in [0.15, 0.2) is 0 Å². The Bertz CT molecular complexity index is 301. The Kier molecular flexibility index (Phi) is 6.01. The summed E-state index contributed by atoms with van der Waals surface area (Å²) in [6, 6.07) is -1.26. The molecule has 0 aromatic heterocycles. The lowest BCUT2D eigenvalue weighted by molar-refractivity contribution is -0.141. The fourth-order valence-electron chi connectivity index (χ4n) is 0.907. The number of hydrogen-bond acceptors (Lipinski definition) is 7. The zero-order valence-corrected chi connectivity index (χ0v) is 9.22. The van der Waals surface area contributed by atoms with E-state index in [1.807, 2.05) is 0 Å². The summed E-state index contributed by atoms with van der Waals surface area (Å²) in [5.74, 6) is -2.35. The van der Waals surface area contributed by atoms with Crippen molar-refractivity contribution in [2.45, 2.75) is 31.3 Å². The monoisotopic (exact) mass is 252 g/mol. The largest absolute Gasteiger partial charge is 0.480 e. The highest BCUT2D eigenvalue weighted by molar-refractivity contribution is 5.86. The minimum atomic E-state index is -2.00. The first-order valence-electron chi connectivity index (χ1n) is 5.33. The first-order chi connectivity index (χ1) is 8.22. The zero-order chi connectivity index (χ0) is 14.5. The number of carboxylic acid groups (broad SMARTS) is 1. The van der Waals surface area contributed by atoms with Crippen molar-refractivity contribution in [1.82, 2.24) is 5.31 Å². The normalized spacial score (nSPS) is 19.3. The average Bonchev–Trinajstić information content (AvgIpc) is 2.34. The number of carboxylic acids is 1. The van der Waals surface area contributed by atoms with Crippen LogP contribution in [0.1, 0.15) is 6.92 Å². The predicted molar refractivity (Wildman–Crippen MR) is 55.2 cm³/mol. The number of nitrogens with one attached hydrogen (secondary N) is 1. The van der Waals surface area contributed by atoms with E-state index in [0.717, 1.165) is 0 Å². The van der Waals surface area contributed by atoms with Crippen LogP contribution < -0.4 is 5.31 Å². The van der Waals surface area contributed by atoms with Crippen LogP contribution in [0.4, 0.5) is 0 Å². The van der Waals surface area contributed by atoms with Gasteiger partial charge in [0.2, 0.25) is 0 Å². The topological polar surface area (TPSA) is 147 Å². The average molecular weight is 252 g/mol. The minimum Gasteiger partial charge on any atom is -0.480 e. The van der Waals surface area contributed by atoms with Crippen molar-refractivity contribution in [3.63, 3.8) is 0 Å². The van der Waals surface area contributed by atoms with Gasteiger partial charge in [0.05, 0.1) is 13.2 Å². The molecule has 0 aliphatic heterocycles. The molecule has 4 atom stereocenters. The van der Waals surface area contributed by atoms with E-state index in [1.165, 1.54) is 6.92 Å². The summed E-state index contributed by atoms with van der Waals surface area (Å²) in [4.78, 5) is 21.9. The molecule has 0 fully saturated rings. The molecule has 0 bridgehead atoms. The number of Topliss-reactive ketones (excluding diaryl/α,β-unsaturated/α-hetero) is 1. The predicted octanol–water partition coefficient (Wildman–Crippen LogP) is -3.31. The van der Waals surface area contributed by atoms with Gasteiger partial charge in [0.25, 0.3) is 0 Å². The van der Waals surface area contributed by atoms with E-state index in [2.05, 4.69) is 0 Å². The molecular weight excluding hydrogens is 234 g/mol. The van der Waals surface area contributed by atoms with Gasteiger partial charge in [0.1, 0.15) is 25.8 Å². The second-order valence-corrected chi connectivity index (χ2v) is 3.51. The molecule has 8 nitrogen and oxygen atoms in total. The minimum absolute atomic E-state index is 0.423. The van der Waals surface area contributed by atoms with E-state index in [9.17, 15) is 19.8 Å². The molecule has 17 heavy (non-hydrogen) atoms. The van der Waals surface area contributed by atoms with Crippen LogP contribution in [0, 0.1) is 0 Å². The molecule has 0 aromatic carbocycles. The van der Waals surface area contributed by atoms with Crippen LogP contribution in [0.25, 0.3) is 0 Å². The number of carbonyl (C=O) groups excluding carboxylic acids is 1. The van der Waals surface area contributed by atoms with Crippen molar-refractivity contribution >= 4 is 11.8 Å². The number of ketones is 1. The maximum atomic E-state index is 11.4. The van der Waals surface area contributed by atoms with Gasteiger partial charge in [-0.15, -0.1) is 0 Å². The van der Waals surface area contributed by atoms with E-state index in [-0.39, 0.29) is 0 Å². The maximum Gasteiger partial charge on any atom is 0.320 e. The van der Waals surface area contributed by atoms with E-state index in [0.29, 0.717) is 5.31 Å². The smallest absolute Gasteiger partial charge is 0.320 e. The van der Waals surface area contributed by atoms with Crippen molar-refractivity contribution in [3.8, 4) is 0 Å². The summed E-state index contributed by atoms with van der Waals surface area (Å²) in [6.45, 7) is -0.403. The third-order valence-electron chi connectivity index (χ3n) is 2.11. The van der Waals surface area contributed by atoms with Crippen molar-refractivity contribution in [1.29, 1.82) is 0 Å². The van der Waals surface area contributed by atoms with Gasteiger partial charge in [-0.25, -0.2) is 0 Å². The van der Waals surface area contributed by atoms with Crippen LogP contribution in [0.2, 0.25) is 1.41 Å². The molecule has 0 aliphatic carbocycles. The number of aliphatic carboxylic acids is 1. The summed E-state index contributed by atoms with van der Waals surface area (Å²) in [5, 5.41) is 45.1. The SMILES string of the molecule is [2H]N(CC(=O)[C@@H](O)[C@H](O)[C@H](O)CO)[C@@H](C)C(=O)O. The molecule has 0 amide bonds. The molecule has 0 aromatic rings. The van der Waals surface area contributed by atoms with Crippen LogP contribution >= 0.6 is 0 Å². The number of rotatable bonds is 8. The molecule has 0 rings (SSSR count). The Hall–Kier alpha value is -1.06. The van der Waals surface area contributed by atoms with Crippen molar-refractivity contribution in [3.05, 3.63) is 0 Å². The van der Waals surface area contributed by atoms with E-state index < -0.39 is 49.3 Å². The molecular formula is C9H17NO7. The first kappa shape index (κ1) is 14.0. The lowest BCUT2D eigenvalue weighted by Gasteiger charge is -2.20. The summed E-state index contributed by atoms with van der Waals surface area (Å²) >= 11 is 0. The highest BCUT2D eigenvalue weighted by Crippen LogP contribution is 2.01. The quantitative estimate of drug-likeness (QED) is 0.263. The molecule has 6 N–H and O–H groups in total. The fraction of sp³-hybridized carbons (Fsp3) is 0.778. The van der Waals surface area contributed by atoms with Crippen LogP contribution in [0.5, 0.6) is 0 Å². The lowest BCUT2D eigenvalue weighted by atomic mass is 10.0. The van der Waals surface area contributed by atoms with Crippen LogP contribution in [-0.4, -0.2) is 74.8 Å². The Morgan fingerprint density at radius 2 is 1.88 bits per heavy atom. The first-order valence-corrected chi connectivity index (χ1v) is 4.88. The van der Waals surface area contributed by atoms with Gasteiger partial charge >= 0.3 is 5.97 Å². The second kappa shape index (κ2) is 7.30. The lowest BCUT2D eigenvalue weighted by Crippen LogP contribution is -2.48. The van der Waals surface area contributed by atoms with Gasteiger partial charge in [-0.3, -0.25) is 14.9 Å². The molecule has 0 spiro atoms. The zero-order valence-electron chi connectivity index (χ0n) is 10.2. The Balaban J connectivity index is 4.44. The molecule has 8 heteroatoms. The summed E-state index contributed by atoms with van der Waals surface area (Å²) < 4.78 is 7.25. The summed E-state index contributed by atoms with van der Waals surface area (Å²) in [5.41, 5.74) is 0. The molecule has 0 unspecified atom stereocenters.